The molecule has 1 aliphatic rings. The average molecular weight is 414 g/mol. The van der Waals surface area contributed by atoms with Gasteiger partial charge in [0.05, 0.1) is 17.1 Å². The number of aryl methyl sites for hydroxylation is 2. The summed E-state index contributed by atoms with van der Waals surface area (Å²) in [5, 5.41) is 3.28. The molecule has 0 saturated heterocycles. The third-order valence-corrected chi connectivity index (χ3v) is 5.09. The van der Waals surface area contributed by atoms with Crippen molar-refractivity contribution in [3.05, 3.63) is 41.7 Å². The first-order valence-corrected chi connectivity index (χ1v) is 10.1. The number of hydrogen-bond donors (Lipinski definition) is 1. The van der Waals surface area contributed by atoms with E-state index < -0.39 is 12.6 Å². The molecule has 8 nitrogen and oxygen atoms in total. The van der Waals surface area contributed by atoms with E-state index in [4.69, 9.17) is 4.74 Å². The molecule has 0 spiro atoms. The third-order valence-electron chi connectivity index (χ3n) is 4.27. The van der Waals surface area contributed by atoms with Crippen LogP contribution in [0, 0.1) is 13.8 Å². The van der Waals surface area contributed by atoms with Crippen molar-refractivity contribution in [3.8, 4) is 0 Å². The first-order valence-electron chi connectivity index (χ1n) is 9.15. The maximum Gasteiger partial charge on any atom is 0.316 e. The van der Waals surface area contributed by atoms with E-state index in [-0.39, 0.29) is 30.0 Å². The highest BCUT2D eigenvalue weighted by atomic mass is 32.2. The minimum atomic E-state index is -0.531. The summed E-state index contributed by atoms with van der Waals surface area (Å²) in [5.74, 6) is -1.08. The van der Waals surface area contributed by atoms with Gasteiger partial charge in [0.25, 0.3) is 5.91 Å². The van der Waals surface area contributed by atoms with Crippen LogP contribution in [0.15, 0.2) is 35.5 Å². The highest BCUT2D eigenvalue weighted by molar-refractivity contribution is 7.99. The molecule has 9 heteroatoms. The van der Waals surface area contributed by atoms with Crippen molar-refractivity contribution >= 4 is 40.9 Å². The Balaban J connectivity index is 1.61. The van der Waals surface area contributed by atoms with Crippen molar-refractivity contribution in [2.24, 2.45) is 0 Å². The van der Waals surface area contributed by atoms with Gasteiger partial charge in [-0.25, -0.2) is 9.97 Å². The van der Waals surface area contributed by atoms with Crippen molar-refractivity contribution in [2.75, 3.05) is 22.6 Å². The second-order valence-electron chi connectivity index (χ2n) is 6.76. The summed E-state index contributed by atoms with van der Waals surface area (Å²) in [7, 11) is 0. The number of aromatic nitrogens is 2. The highest BCUT2D eigenvalue weighted by Crippen LogP contribution is 2.31. The Bertz CT molecular complexity index is 930. The van der Waals surface area contributed by atoms with Crippen LogP contribution in [0.4, 0.5) is 11.4 Å². The van der Waals surface area contributed by atoms with E-state index in [1.165, 1.54) is 4.90 Å². The molecule has 2 aromatic rings. The Morgan fingerprint density at radius 3 is 2.66 bits per heavy atom. The number of rotatable bonds is 5. The minimum absolute atomic E-state index is 0.00234. The normalized spacial score (nSPS) is 15.9. The first-order chi connectivity index (χ1) is 13.8. The molecule has 29 heavy (non-hydrogen) atoms. The number of fused-ring (bicyclic) bond motifs is 1. The van der Waals surface area contributed by atoms with E-state index >= 15 is 0 Å². The summed E-state index contributed by atoms with van der Waals surface area (Å²) in [4.78, 5) is 46.9. The number of ether oxygens (including phenoxy) is 1. The molecule has 0 radical (unpaired) electrons. The number of benzene rings is 1. The zero-order valence-corrected chi connectivity index (χ0v) is 17.3. The number of anilines is 2. The Hall–Kier alpha value is -2.94. The lowest BCUT2D eigenvalue weighted by molar-refractivity contribution is -0.145. The van der Waals surface area contributed by atoms with Crippen molar-refractivity contribution in [3.63, 3.8) is 0 Å². The number of thioether (sulfide) groups is 1. The monoisotopic (exact) mass is 414 g/mol. The lowest BCUT2D eigenvalue weighted by atomic mass is 10.1. The lowest BCUT2D eigenvalue weighted by Crippen LogP contribution is -2.41. The average Bonchev–Trinajstić information content (AvgIpc) is 2.78. The van der Waals surface area contributed by atoms with Crippen LogP contribution in [-0.4, -0.2) is 46.2 Å². The molecular weight excluding hydrogens is 392 g/mol. The largest absolute Gasteiger partial charge is 0.455 e. The molecule has 152 valence electrons. The number of para-hydroxylation sites is 2. The maximum atomic E-state index is 12.8. The summed E-state index contributed by atoms with van der Waals surface area (Å²) in [6.07, 6.45) is 0.161. The first kappa shape index (κ1) is 20.8. The van der Waals surface area contributed by atoms with Gasteiger partial charge in [-0.05, 0) is 39.0 Å². The summed E-state index contributed by atoms with van der Waals surface area (Å²) < 4.78 is 5.16. The second kappa shape index (κ2) is 9.04. The molecule has 0 aliphatic carbocycles. The SMILES string of the molecule is Cc1cc(C)nc(SCC(=O)OCC(=O)N2c3ccccc3NC(=O)C[C@H]2C)n1. The predicted octanol–water partition coefficient (Wildman–Crippen LogP) is 2.49. The van der Waals surface area contributed by atoms with Crippen LogP contribution < -0.4 is 10.2 Å². The Labute approximate surface area is 173 Å². The molecule has 0 bridgehead atoms. The van der Waals surface area contributed by atoms with Gasteiger partial charge in [0.1, 0.15) is 0 Å². The molecule has 2 amide bonds. The van der Waals surface area contributed by atoms with Crippen molar-refractivity contribution in [2.45, 2.75) is 38.4 Å². The minimum Gasteiger partial charge on any atom is -0.455 e. The van der Waals surface area contributed by atoms with E-state index in [1.54, 1.807) is 31.2 Å². The van der Waals surface area contributed by atoms with Crippen LogP contribution in [-0.2, 0) is 19.1 Å². The fourth-order valence-corrected chi connectivity index (χ4v) is 3.85. The maximum absolute atomic E-state index is 12.8. The van der Waals surface area contributed by atoms with Gasteiger partial charge >= 0.3 is 5.97 Å². The van der Waals surface area contributed by atoms with Crippen LogP contribution in [0.1, 0.15) is 24.7 Å². The molecule has 1 N–H and O–H groups in total. The Morgan fingerprint density at radius 2 is 1.93 bits per heavy atom. The zero-order valence-electron chi connectivity index (χ0n) is 16.5. The molecule has 0 saturated carbocycles. The van der Waals surface area contributed by atoms with Crippen LogP contribution in [0.5, 0.6) is 0 Å². The quantitative estimate of drug-likeness (QED) is 0.456. The smallest absolute Gasteiger partial charge is 0.316 e. The predicted molar refractivity (Wildman–Crippen MR) is 110 cm³/mol. The molecule has 2 heterocycles. The Kier molecular flexibility index (Phi) is 6.48. The molecule has 3 rings (SSSR count). The van der Waals surface area contributed by atoms with E-state index in [0.717, 1.165) is 23.1 Å². The summed E-state index contributed by atoms with van der Waals surface area (Å²) in [6.45, 7) is 5.10. The molecule has 1 aromatic carbocycles. The number of amides is 2. The summed E-state index contributed by atoms with van der Waals surface area (Å²) in [5.41, 5.74) is 2.79. The number of carbonyl (C=O) groups excluding carboxylic acids is 3. The molecule has 0 fully saturated rings. The van der Waals surface area contributed by atoms with E-state index in [9.17, 15) is 14.4 Å². The highest BCUT2D eigenvalue weighted by Gasteiger charge is 2.30. The van der Waals surface area contributed by atoms with Crippen molar-refractivity contribution < 1.29 is 19.1 Å². The number of carbonyl (C=O) groups is 3. The van der Waals surface area contributed by atoms with Crippen LogP contribution in [0.25, 0.3) is 0 Å². The second-order valence-corrected chi connectivity index (χ2v) is 7.71. The van der Waals surface area contributed by atoms with Gasteiger partial charge in [-0.15, -0.1) is 0 Å². The van der Waals surface area contributed by atoms with E-state index in [2.05, 4.69) is 15.3 Å². The Morgan fingerprint density at radius 1 is 1.24 bits per heavy atom. The molecule has 1 aliphatic heterocycles. The summed E-state index contributed by atoms with van der Waals surface area (Å²) in [6, 6.07) is 8.55. The van der Waals surface area contributed by atoms with Gasteiger partial charge in [-0.3, -0.25) is 14.4 Å². The van der Waals surface area contributed by atoms with Crippen LogP contribution >= 0.6 is 11.8 Å². The molecule has 0 unspecified atom stereocenters. The number of esters is 1. The molecule has 1 aromatic heterocycles. The van der Waals surface area contributed by atoms with Gasteiger partial charge < -0.3 is 15.0 Å². The van der Waals surface area contributed by atoms with Gasteiger partial charge in [-0.2, -0.15) is 0 Å². The van der Waals surface area contributed by atoms with E-state index in [0.29, 0.717) is 16.5 Å². The zero-order chi connectivity index (χ0) is 21.0. The topological polar surface area (TPSA) is 101 Å². The standard InChI is InChI=1S/C20H22N4O4S/c1-12-8-13(2)22-20(21-12)29-11-19(27)28-10-18(26)24-14(3)9-17(25)23-15-6-4-5-7-16(15)24/h4-8,14H,9-11H2,1-3H3,(H,23,25)/t14-/m1/s1. The third kappa shape index (κ3) is 5.32. The van der Waals surface area contributed by atoms with E-state index in [1.807, 2.05) is 19.9 Å². The van der Waals surface area contributed by atoms with Gasteiger partial charge in [0.2, 0.25) is 5.91 Å². The van der Waals surface area contributed by atoms with Gasteiger partial charge in [0, 0.05) is 23.9 Å². The van der Waals surface area contributed by atoms with Crippen molar-refractivity contribution in [1.29, 1.82) is 0 Å². The molecule has 1 atom stereocenters. The summed E-state index contributed by atoms with van der Waals surface area (Å²) >= 11 is 1.16. The van der Waals surface area contributed by atoms with Crippen LogP contribution in [0.3, 0.4) is 0 Å². The fourth-order valence-electron chi connectivity index (χ4n) is 3.10. The fraction of sp³-hybridized carbons (Fsp3) is 0.350. The lowest BCUT2D eigenvalue weighted by Gasteiger charge is -2.27. The number of hydrogen-bond acceptors (Lipinski definition) is 7. The van der Waals surface area contributed by atoms with Crippen LogP contribution in [0.2, 0.25) is 0 Å². The van der Waals surface area contributed by atoms with Gasteiger partial charge in [-0.1, -0.05) is 23.9 Å². The number of nitrogens with one attached hydrogen (secondary N) is 1. The van der Waals surface area contributed by atoms with Crippen molar-refractivity contribution in [1.82, 2.24) is 9.97 Å². The molecular formula is C20H22N4O4S. The van der Waals surface area contributed by atoms with Gasteiger partial charge in [0.15, 0.2) is 11.8 Å². The number of nitrogens with zero attached hydrogens (tertiary/aromatic N) is 3.